The Labute approximate surface area is 146 Å². The summed E-state index contributed by atoms with van der Waals surface area (Å²) in [5.41, 5.74) is -4.04. The number of amides is 2. The lowest BCUT2D eigenvalue weighted by molar-refractivity contribution is -0.0328. The monoisotopic (exact) mass is 368 g/mol. The molecule has 2 amide bonds. The molecular weight excluding hydrogens is 353 g/mol. The summed E-state index contributed by atoms with van der Waals surface area (Å²) in [6.07, 6.45) is 0. The number of alkyl halides is 3. The maximum Gasteiger partial charge on any atom is 0.446 e. The number of carbonyl (C=O) groups excluding carboxylic acids is 2. The summed E-state index contributed by atoms with van der Waals surface area (Å²) in [4.78, 5) is 23.7. The molecule has 2 aromatic rings. The number of benzene rings is 2. The van der Waals surface area contributed by atoms with Crippen LogP contribution in [0.2, 0.25) is 0 Å². The van der Waals surface area contributed by atoms with Gasteiger partial charge >= 0.3 is 5.51 Å². The summed E-state index contributed by atoms with van der Waals surface area (Å²) in [6, 6.07) is 14.0. The molecule has 132 valence electrons. The highest BCUT2D eigenvalue weighted by Gasteiger charge is 2.31. The smallest absolute Gasteiger partial charge is 0.350 e. The molecule has 0 radical (unpaired) electrons. The molecule has 2 N–H and O–H groups in total. The van der Waals surface area contributed by atoms with Crippen molar-refractivity contribution >= 4 is 23.6 Å². The van der Waals surface area contributed by atoms with Crippen LogP contribution in [-0.4, -0.2) is 30.4 Å². The maximum absolute atomic E-state index is 12.5. The highest BCUT2D eigenvalue weighted by molar-refractivity contribution is 8.00. The summed E-state index contributed by atoms with van der Waals surface area (Å²) in [5.74, 6) is -0.913. The lowest BCUT2D eigenvalue weighted by Gasteiger charge is -2.11. The Morgan fingerprint density at radius 2 is 1.40 bits per heavy atom. The van der Waals surface area contributed by atoms with E-state index in [9.17, 15) is 22.8 Å². The van der Waals surface area contributed by atoms with E-state index in [2.05, 4.69) is 10.6 Å². The van der Waals surface area contributed by atoms with Crippen LogP contribution in [0.15, 0.2) is 59.5 Å². The van der Waals surface area contributed by atoms with Gasteiger partial charge in [-0.25, -0.2) is 0 Å². The van der Waals surface area contributed by atoms with Gasteiger partial charge in [0.25, 0.3) is 11.8 Å². The van der Waals surface area contributed by atoms with Crippen molar-refractivity contribution in [2.24, 2.45) is 0 Å². The van der Waals surface area contributed by atoms with E-state index >= 15 is 0 Å². The molecule has 0 aliphatic rings. The third kappa shape index (κ3) is 6.15. The summed E-state index contributed by atoms with van der Waals surface area (Å²) < 4.78 is 37.6. The SMILES string of the molecule is O=C(NCCNC(=O)c1ccccc1SC(F)(F)F)c1ccccc1. The van der Waals surface area contributed by atoms with Crippen LogP contribution in [0.3, 0.4) is 0 Å². The minimum absolute atomic E-state index is 0.0563. The Kier molecular flexibility index (Phi) is 6.46. The van der Waals surface area contributed by atoms with Crippen LogP contribution in [-0.2, 0) is 0 Å². The average molecular weight is 368 g/mol. The fraction of sp³-hybridized carbons (Fsp3) is 0.176. The highest BCUT2D eigenvalue weighted by Crippen LogP contribution is 2.38. The quantitative estimate of drug-likeness (QED) is 0.606. The molecule has 25 heavy (non-hydrogen) atoms. The molecule has 0 saturated carbocycles. The molecule has 0 fully saturated rings. The van der Waals surface area contributed by atoms with E-state index in [4.69, 9.17) is 0 Å². The van der Waals surface area contributed by atoms with Crippen molar-refractivity contribution in [3.05, 3.63) is 65.7 Å². The van der Waals surface area contributed by atoms with E-state index in [1.807, 2.05) is 0 Å². The third-order valence-corrected chi connectivity index (χ3v) is 3.90. The maximum atomic E-state index is 12.5. The van der Waals surface area contributed by atoms with E-state index < -0.39 is 11.4 Å². The standard InChI is InChI=1S/C17H15F3N2O2S/c18-17(19,20)25-14-9-5-4-8-13(14)16(24)22-11-10-21-15(23)12-6-2-1-3-7-12/h1-9H,10-11H2,(H,21,23)(H,22,24). The number of hydrogen-bond donors (Lipinski definition) is 2. The number of thioether (sulfide) groups is 1. The molecule has 0 saturated heterocycles. The van der Waals surface area contributed by atoms with Crippen LogP contribution in [0.25, 0.3) is 0 Å². The largest absolute Gasteiger partial charge is 0.446 e. The summed E-state index contributed by atoms with van der Waals surface area (Å²) >= 11 is -0.333. The average Bonchev–Trinajstić information content (AvgIpc) is 2.58. The minimum Gasteiger partial charge on any atom is -0.350 e. The predicted octanol–water partition coefficient (Wildman–Crippen LogP) is 3.46. The molecule has 0 heterocycles. The Hall–Kier alpha value is -2.48. The van der Waals surface area contributed by atoms with Gasteiger partial charge in [0.1, 0.15) is 0 Å². The van der Waals surface area contributed by atoms with Crippen molar-refractivity contribution in [3.63, 3.8) is 0 Å². The molecule has 0 aromatic heterocycles. The molecule has 0 atom stereocenters. The molecule has 2 aromatic carbocycles. The van der Waals surface area contributed by atoms with Crippen molar-refractivity contribution in [3.8, 4) is 0 Å². The van der Waals surface area contributed by atoms with Gasteiger partial charge in [0, 0.05) is 23.5 Å². The molecule has 0 unspecified atom stereocenters. The molecule has 0 aliphatic heterocycles. The van der Waals surface area contributed by atoms with Gasteiger partial charge in [-0.05, 0) is 36.0 Å². The van der Waals surface area contributed by atoms with Gasteiger partial charge in [-0.3, -0.25) is 9.59 Å². The molecule has 8 heteroatoms. The molecular formula is C17H15F3N2O2S. The first kappa shape index (κ1) is 18.9. The number of rotatable bonds is 6. The third-order valence-electron chi connectivity index (χ3n) is 3.09. The van der Waals surface area contributed by atoms with Gasteiger partial charge in [-0.2, -0.15) is 13.2 Å². The Bertz CT molecular complexity index is 736. The summed E-state index contributed by atoms with van der Waals surface area (Å²) in [6.45, 7) is 0.260. The minimum atomic E-state index is -4.47. The first-order chi connectivity index (χ1) is 11.9. The van der Waals surface area contributed by atoms with Crippen molar-refractivity contribution in [2.75, 3.05) is 13.1 Å². The Morgan fingerprint density at radius 1 is 0.840 bits per heavy atom. The van der Waals surface area contributed by atoms with Crippen LogP contribution < -0.4 is 10.6 Å². The van der Waals surface area contributed by atoms with Crippen LogP contribution >= 0.6 is 11.8 Å². The van der Waals surface area contributed by atoms with Crippen molar-refractivity contribution in [1.29, 1.82) is 0 Å². The second-order valence-corrected chi connectivity index (χ2v) is 6.03. The van der Waals surface area contributed by atoms with E-state index in [0.717, 1.165) is 0 Å². The van der Waals surface area contributed by atoms with Crippen molar-refractivity contribution in [2.45, 2.75) is 10.4 Å². The zero-order chi connectivity index (χ0) is 18.3. The van der Waals surface area contributed by atoms with E-state index in [-0.39, 0.29) is 41.2 Å². The second-order valence-electron chi connectivity index (χ2n) is 4.92. The van der Waals surface area contributed by atoms with Crippen molar-refractivity contribution in [1.82, 2.24) is 10.6 Å². The molecule has 0 spiro atoms. The van der Waals surface area contributed by atoms with Gasteiger partial charge in [-0.15, -0.1) is 0 Å². The lowest BCUT2D eigenvalue weighted by atomic mass is 10.2. The first-order valence-electron chi connectivity index (χ1n) is 7.33. The Morgan fingerprint density at radius 3 is 2.04 bits per heavy atom. The van der Waals surface area contributed by atoms with Gasteiger partial charge in [0.05, 0.1) is 5.56 Å². The van der Waals surface area contributed by atoms with Gasteiger partial charge in [-0.1, -0.05) is 30.3 Å². The summed E-state index contributed by atoms with van der Waals surface area (Å²) in [5, 5.41) is 5.12. The van der Waals surface area contributed by atoms with Crippen LogP contribution in [0.1, 0.15) is 20.7 Å². The molecule has 4 nitrogen and oxygen atoms in total. The number of halogens is 3. The normalized spacial score (nSPS) is 11.0. The number of carbonyl (C=O) groups is 2. The van der Waals surface area contributed by atoms with Crippen LogP contribution in [0.5, 0.6) is 0 Å². The van der Waals surface area contributed by atoms with E-state index in [1.165, 1.54) is 24.3 Å². The highest BCUT2D eigenvalue weighted by atomic mass is 32.2. The zero-order valence-electron chi connectivity index (χ0n) is 13.0. The first-order valence-corrected chi connectivity index (χ1v) is 8.15. The van der Waals surface area contributed by atoms with E-state index in [1.54, 1.807) is 30.3 Å². The van der Waals surface area contributed by atoms with Gasteiger partial charge < -0.3 is 10.6 Å². The zero-order valence-corrected chi connectivity index (χ0v) is 13.8. The topological polar surface area (TPSA) is 58.2 Å². The van der Waals surface area contributed by atoms with E-state index in [0.29, 0.717) is 5.56 Å². The Balaban J connectivity index is 1.86. The van der Waals surface area contributed by atoms with Crippen LogP contribution in [0.4, 0.5) is 13.2 Å². The second kappa shape index (κ2) is 8.57. The van der Waals surface area contributed by atoms with Gasteiger partial charge in [0.2, 0.25) is 0 Å². The molecule has 0 bridgehead atoms. The molecule has 2 rings (SSSR count). The summed E-state index contributed by atoms with van der Waals surface area (Å²) in [7, 11) is 0. The number of nitrogens with one attached hydrogen (secondary N) is 2. The predicted molar refractivity (Wildman–Crippen MR) is 89.5 cm³/mol. The fourth-order valence-corrected chi connectivity index (χ4v) is 2.67. The van der Waals surface area contributed by atoms with Crippen LogP contribution in [0, 0.1) is 0 Å². The van der Waals surface area contributed by atoms with Crippen molar-refractivity contribution < 1.29 is 22.8 Å². The molecule has 0 aliphatic carbocycles. The number of hydrogen-bond acceptors (Lipinski definition) is 3. The fourth-order valence-electron chi connectivity index (χ4n) is 2.01. The van der Waals surface area contributed by atoms with Gasteiger partial charge in [0.15, 0.2) is 0 Å². The lowest BCUT2D eigenvalue weighted by Crippen LogP contribution is -2.34.